The zero-order valence-electron chi connectivity index (χ0n) is 43.6. The first-order chi connectivity index (χ1) is 33.0. The molecule has 0 N–H and O–H groups in total. The number of unbranched alkanes of at least 4 members (excludes halogenated alkanes) is 22. The lowest BCUT2D eigenvalue weighted by atomic mass is 10.1. The quantitative estimate of drug-likeness (QED) is 0.0262. The van der Waals surface area contributed by atoms with Crippen molar-refractivity contribution in [1.82, 2.24) is 0 Å². The third-order valence-corrected chi connectivity index (χ3v) is 11.5. The standard InChI is InChI=1S/C61H102O6/c1-4-7-10-13-16-19-22-24-26-27-28-29-30-31-32-33-34-35-36-38-39-42-45-48-51-54-60(63)66-57-58(56-65-59(62)53-50-47-44-41-21-18-15-12-9-6-3)67-61(64)55-52-49-46-43-40-37-25-23-20-17-14-11-8-5-2/h7,10,12,14-17,19,23-26,28-29,31-32,58H,4-6,8-9,11,13,18,20-22,27,30,33-57H2,1-3H3/b10-7-,15-12-,17-14-,19-16-,25-23-,26-24-,29-28-,32-31-. The van der Waals surface area contributed by atoms with Crippen LogP contribution in [0.3, 0.4) is 0 Å². The molecule has 382 valence electrons. The van der Waals surface area contributed by atoms with E-state index in [4.69, 9.17) is 14.2 Å². The molecular weight excluding hydrogens is 829 g/mol. The van der Waals surface area contributed by atoms with Crippen LogP contribution in [0.25, 0.3) is 0 Å². The third-order valence-electron chi connectivity index (χ3n) is 11.5. The van der Waals surface area contributed by atoms with Gasteiger partial charge in [-0.15, -0.1) is 0 Å². The number of ether oxygens (including phenoxy) is 3. The maximum atomic E-state index is 12.8. The van der Waals surface area contributed by atoms with Gasteiger partial charge in [-0.3, -0.25) is 14.4 Å². The molecule has 0 aliphatic rings. The molecule has 0 radical (unpaired) electrons. The molecule has 0 aliphatic heterocycles. The van der Waals surface area contributed by atoms with Crippen LogP contribution in [0.1, 0.15) is 252 Å². The number of carbonyl (C=O) groups excluding carboxylic acids is 3. The minimum absolute atomic E-state index is 0.0896. The van der Waals surface area contributed by atoms with E-state index in [0.29, 0.717) is 19.3 Å². The van der Waals surface area contributed by atoms with Gasteiger partial charge in [0.1, 0.15) is 13.2 Å². The Kier molecular flexibility index (Phi) is 51.9. The molecule has 0 bridgehead atoms. The van der Waals surface area contributed by atoms with Crippen LogP contribution in [0.2, 0.25) is 0 Å². The lowest BCUT2D eigenvalue weighted by molar-refractivity contribution is -0.167. The number of hydrogen-bond donors (Lipinski definition) is 0. The molecule has 0 aromatic rings. The summed E-state index contributed by atoms with van der Waals surface area (Å²) in [6.45, 7) is 6.40. The second-order valence-electron chi connectivity index (χ2n) is 18.1. The number of carbonyl (C=O) groups is 3. The zero-order valence-corrected chi connectivity index (χ0v) is 43.6. The molecule has 0 saturated heterocycles. The van der Waals surface area contributed by atoms with E-state index in [-0.39, 0.29) is 31.1 Å². The van der Waals surface area contributed by atoms with Crippen molar-refractivity contribution in [2.24, 2.45) is 0 Å². The lowest BCUT2D eigenvalue weighted by Gasteiger charge is -2.18. The van der Waals surface area contributed by atoms with Gasteiger partial charge in [0.25, 0.3) is 0 Å². The normalized spacial score (nSPS) is 12.8. The van der Waals surface area contributed by atoms with E-state index in [2.05, 4.69) is 118 Å². The van der Waals surface area contributed by atoms with E-state index >= 15 is 0 Å². The van der Waals surface area contributed by atoms with Crippen LogP contribution >= 0.6 is 0 Å². The molecule has 1 unspecified atom stereocenters. The first kappa shape index (κ1) is 63.3. The Morgan fingerprint density at radius 3 is 0.985 bits per heavy atom. The molecule has 0 heterocycles. The second-order valence-corrected chi connectivity index (χ2v) is 18.1. The Balaban J connectivity index is 4.29. The fraction of sp³-hybridized carbons (Fsp3) is 0.689. The summed E-state index contributed by atoms with van der Waals surface area (Å²) in [6, 6.07) is 0. The van der Waals surface area contributed by atoms with Crippen molar-refractivity contribution >= 4 is 17.9 Å². The number of allylic oxidation sites excluding steroid dienone is 16. The van der Waals surface area contributed by atoms with Crippen molar-refractivity contribution < 1.29 is 28.6 Å². The van der Waals surface area contributed by atoms with Gasteiger partial charge in [-0.05, 0) is 109 Å². The minimum Gasteiger partial charge on any atom is -0.462 e. The third kappa shape index (κ3) is 53.2. The predicted molar refractivity (Wildman–Crippen MR) is 288 cm³/mol. The minimum atomic E-state index is -0.790. The summed E-state index contributed by atoms with van der Waals surface area (Å²) in [5.41, 5.74) is 0. The Labute approximate surface area is 413 Å². The summed E-state index contributed by atoms with van der Waals surface area (Å²) >= 11 is 0. The molecule has 6 nitrogen and oxygen atoms in total. The van der Waals surface area contributed by atoms with Crippen molar-refractivity contribution in [3.63, 3.8) is 0 Å². The molecule has 1 atom stereocenters. The molecule has 0 amide bonds. The average molecular weight is 931 g/mol. The molecule has 0 rings (SSSR count). The smallest absolute Gasteiger partial charge is 0.306 e. The van der Waals surface area contributed by atoms with Gasteiger partial charge in [-0.1, -0.05) is 221 Å². The van der Waals surface area contributed by atoms with Crippen molar-refractivity contribution in [3.8, 4) is 0 Å². The van der Waals surface area contributed by atoms with E-state index in [1.165, 1.54) is 70.6 Å². The summed E-state index contributed by atoms with van der Waals surface area (Å²) in [4.78, 5) is 38.0. The van der Waals surface area contributed by atoms with Crippen molar-refractivity contribution in [1.29, 1.82) is 0 Å². The van der Waals surface area contributed by atoms with Crippen LogP contribution in [-0.4, -0.2) is 37.2 Å². The molecule has 0 aromatic carbocycles. The molecule has 0 saturated carbocycles. The van der Waals surface area contributed by atoms with Gasteiger partial charge in [0.2, 0.25) is 0 Å². The largest absolute Gasteiger partial charge is 0.462 e. The number of esters is 3. The van der Waals surface area contributed by atoms with Crippen LogP contribution < -0.4 is 0 Å². The Morgan fingerprint density at radius 1 is 0.313 bits per heavy atom. The molecule has 0 aromatic heterocycles. The van der Waals surface area contributed by atoms with E-state index in [1.807, 2.05) is 0 Å². The van der Waals surface area contributed by atoms with Gasteiger partial charge < -0.3 is 14.2 Å². The highest BCUT2D eigenvalue weighted by atomic mass is 16.6. The first-order valence-electron chi connectivity index (χ1n) is 27.7. The molecule has 6 heteroatoms. The molecule has 0 fully saturated rings. The predicted octanol–water partition coefficient (Wildman–Crippen LogP) is 18.5. The van der Waals surface area contributed by atoms with Gasteiger partial charge in [0, 0.05) is 19.3 Å². The van der Waals surface area contributed by atoms with Crippen LogP contribution in [-0.2, 0) is 28.6 Å². The van der Waals surface area contributed by atoms with Gasteiger partial charge >= 0.3 is 17.9 Å². The summed E-state index contributed by atoms with van der Waals surface area (Å²) in [5, 5.41) is 0. The van der Waals surface area contributed by atoms with Gasteiger partial charge in [-0.25, -0.2) is 0 Å². The van der Waals surface area contributed by atoms with Crippen molar-refractivity contribution in [2.75, 3.05) is 13.2 Å². The first-order valence-corrected chi connectivity index (χ1v) is 27.7. The van der Waals surface area contributed by atoms with Crippen molar-refractivity contribution in [3.05, 3.63) is 97.2 Å². The van der Waals surface area contributed by atoms with Crippen molar-refractivity contribution in [2.45, 2.75) is 258 Å². The summed E-state index contributed by atoms with van der Waals surface area (Å²) in [5.74, 6) is -0.921. The molecule has 0 aliphatic carbocycles. The van der Waals surface area contributed by atoms with Crippen LogP contribution in [0.5, 0.6) is 0 Å². The Morgan fingerprint density at radius 2 is 0.612 bits per heavy atom. The monoisotopic (exact) mass is 931 g/mol. The Hall–Kier alpha value is -3.67. The average Bonchev–Trinajstić information content (AvgIpc) is 3.33. The Bertz CT molecular complexity index is 1350. The SMILES string of the molecule is CC/C=C\C/C=C\C/C=C\C/C=C\C/C=C\CCCCCCCCCCCC(=O)OCC(COC(=O)CCCCCCC/C=C\CCC)OC(=O)CCCCCCC/C=C\C/C=C\CCCC. The topological polar surface area (TPSA) is 78.9 Å². The second kappa shape index (κ2) is 54.9. The molecule has 0 spiro atoms. The number of hydrogen-bond acceptors (Lipinski definition) is 6. The van der Waals surface area contributed by atoms with Crippen LogP contribution in [0.4, 0.5) is 0 Å². The maximum Gasteiger partial charge on any atom is 0.306 e. The number of rotatable bonds is 49. The summed E-state index contributed by atoms with van der Waals surface area (Å²) in [6.07, 6.45) is 72.6. The molecular formula is C61H102O6. The van der Waals surface area contributed by atoms with Crippen LogP contribution in [0.15, 0.2) is 97.2 Å². The zero-order chi connectivity index (χ0) is 48.6. The van der Waals surface area contributed by atoms with E-state index in [1.54, 1.807) is 0 Å². The van der Waals surface area contributed by atoms with E-state index in [9.17, 15) is 14.4 Å². The fourth-order valence-corrected chi connectivity index (χ4v) is 7.37. The highest BCUT2D eigenvalue weighted by Gasteiger charge is 2.19. The van der Waals surface area contributed by atoms with E-state index < -0.39 is 6.10 Å². The summed E-state index contributed by atoms with van der Waals surface area (Å²) in [7, 11) is 0. The van der Waals surface area contributed by atoms with Gasteiger partial charge in [0.15, 0.2) is 6.10 Å². The lowest BCUT2D eigenvalue weighted by Crippen LogP contribution is -2.30. The fourth-order valence-electron chi connectivity index (χ4n) is 7.37. The van der Waals surface area contributed by atoms with E-state index in [0.717, 1.165) is 141 Å². The highest BCUT2D eigenvalue weighted by Crippen LogP contribution is 2.14. The molecule has 67 heavy (non-hydrogen) atoms. The highest BCUT2D eigenvalue weighted by molar-refractivity contribution is 5.71. The van der Waals surface area contributed by atoms with Gasteiger partial charge in [-0.2, -0.15) is 0 Å². The van der Waals surface area contributed by atoms with Crippen LogP contribution in [0, 0.1) is 0 Å². The maximum absolute atomic E-state index is 12.8. The summed E-state index contributed by atoms with van der Waals surface area (Å²) < 4.78 is 16.8. The van der Waals surface area contributed by atoms with Gasteiger partial charge in [0.05, 0.1) is 0 Å².